The Hall–Kier alpha value is -1.63. The summed E-state index contributed by atoms with van der Waals surface area (Å²) in [7, 11) is 0. The van der Waals surface area contributed by atoms with Crippen LogP contribution < -0.4 is 10.6 Å². The summed E-state index contributed by atoms with van der Waals surface area (Å²) in [6.45, 7) is 1.39. The van der Waals surface area contributed by atoms with Crippen molar-refractivity contribution in [1.82, 2.24) is 9.97 Å². The fraction of sp³-hybridized carbons (Fsp3) is 0.308. The Morgan fingerprint density at radius 2 is 2.05 bits per heavy atom. The second kappa shape index (κ2) is 5.63. The molecule has 1 aliphatic rings. The fourth-order valence-electron chi connectivity index (χ4n) is 2.18. The molecule has 1 atom stereocenters. The van der Waals surface area contributed by atoms with Crippen LogP contribution in [0.25, 0.3) is 11.0 Å². The van der Waals surface area contributed by atoms with Crippen LogP contribution in [0.4, 0.5) is 5.82 Å². The van der Waals surface area contributed by atoms with Gasteiger partial charge in [0.15, 0.2) is 6.10 Å². The van der Waals surface area contributed by atoms with Gasteiger partial charge in [-0.3, -0.25) is 9.78 Å². The number of amides is 1. The maximum Gasteiger partial charge on any atom is 0.248 e. The van der Waals surface area contributed by atoms with Crippen molar-refractivity contribution >= 4 is 46.0 Å². The topological polar surface area (TPSA) is 81.3 Å². The molecule has 110 valence electrons. The molecule has 2 aromatic rings. The highest BCUT2D eigenvalue weighted by molar-refractivity contribution is 6.42. The number of nitrogens with two attached hydrogens (primary N) is 1. The van der Waals surface area contributed by atoms with E-state index < -0.39 is 12.0 Å². The molecule has 3 rings (SSSR count). The Labute approximate surface area is 130 Å². The molecule has 1 fully saturated rings. The van der Waals surface area contributed by atoms with Crippen molar-refractivity contribution < 1.29 is 9.53 Å². The van der Waals surface area contributed by atoms with Gasteiger partial charge in [-0.25, -0.2) is 4.98 Å². The predicted octanol–water partition coefficient (Wildman–Crippen LogP) is 1.63. The number of hydrogen-bond acceptors (Lipinski definition) is 5. The average molecular weight is 327 g/mol. The number of carbonyl (C=O) groups is 1. The number of rotatable bonds is 2. The zero-order chi connectivity index (χ0) is 15.0. The van der Waals surface area contributed by atoms with Crippen molar-refractivity contribution in [2.45, 2.75) is 6.10 Å². The lowest BCUT2D eigenvalue weighted by atomic mass is 10.2. The molecule has 1 saturated heterocycles. The summed E-state index contributed by atoms with van der Waals surface area (Å²) >= 11 is 11.9. The number of nitrogens with zero attached hydrogens (tertiary/aromatic N) is 3. The molecule has 1 aromatic heterocycles. The van der Waals surface area contributed by atoms with E-state index in [4.69, 9.17) is 33.7 Å². The molecule has 0 unspecified atom stereocenters. The molecular formula is C13H12Cl2N4O2. The van der Waals surface area contributed by atoms with Crippen LogP contribution in [-0.4, -0.2) is 41.7 Å². The van der Waals surface area contributed by atoms with E-state index in [1.807, 2.05) is 4.90 Å². The van der Waals surface area contributed by atoms with Gasteiger partial charge in [0, 0.05) is 6.54 Å². The van der Waals surface area contributed by atoms with Crippen LogP contribution in [0.3, 0.4) is 0 Å². The van der Waals surface area contributed by atoms with Crippen molar-refractivity contribution in [3.8, 4) is 0 Å². The molecule has 8 heteroatoms. The van der Waals surface area contributed by atoms with Gasteiger partial charge in [-0.1, -0.05) is 23.2 Å². The minimum absolute atomic E-state index is 0.358. The minimum Gasteiger partial charge on any atom is -0.367 e. The van der Waals surface area contributed by atoms with E-state index in [1.165, 1.54) is 0 Å². The summed E-state index contributed by atoms with van der Waals surface area (Å²) in [6, 6.07) is 3.34. The summed E-state index contributed by atoms with van der Waals surface area (Å²) in [5.41, 5.74) is 6.58. The average Bonchev–Trinajstić information content (AvgIpc) is 2.48. The van der Waals surface area contributed by atoms with Crippen LogP contribution in [0, 0.1) is 0 Å². The Balaban J connectivity index is 1.93. The molecule has 0 spiro atoms. The number of hydrogen-bond donors (Lipinski definition) is 1. The molecule has 2 heterocycles. The summed E-state index contributed by atoms with van der Waals surface area (Å²) in [6.07, 6.45) is 1.00. The van der Waals surface area contributed by atoms with Crippen LogP contribution in [0.1, 0.15) is 0 Å². The zero-order valence-electron chi connectivity index (χ0n) is 10.9. The van der Waals surface area contributed by atoms with Gasteiger partial charge >= 0.3 is 0 Å². The second-order valence-electron chi connectivity index (χ2n) is 4.69. The first-order valence-corrected chi connectivity index (χ1v) is 7.08. The van der Waals surface area contributed by atoms with Crippen LogP contribution in [0.15, 0.2) is 18.3 Å². The fourth-order valence-corrected chi connectivity index (χ4v) is 2.50. The first-order chi connectivity index (χ1) is 10.0. The molecule has 1 amide bonds. The quantitative estimate of drug-likeness (QED) is 0.907. The maximum atomic E-state index is 11.2. The first-order valence-electron chi connectivity index (χ1n) is 6.32. The lowest BCUT2D eigenvalue weighted by molar-refractivity contribution is -0.130. The van der Waals surface area contributed by atoms with E-state index in [0.29, 0.717) is 46.6 Å². The number of ether oxygens (including phenoxy) is 1. The van der Waals surface area contributed by atoms with Gasteiger partial charge in [0.25, 0.3) is 0 Å². The Bertz CT molecular complexity index is 710. The smallest absolute Gasteiger partial charge is 0.248 e. The van der Waals surface area contributed by atoms with E-state index in [2.05, 4.69) is 9.97 Å². The van der Waals surface area contributed by atoms with E-state index in [-0.39, 0.29) is 0 Å². The molecule has 1 aliphatic heterocycles. The summed E-state index contributed by atoms with van der Waals surface area (Å²) < 4.78 is 5.31. The number of anilines is 1. The van der Waals surface area contributed by atoms with Crippen LogP contribution >= 0.6 is 23.2 Å². The Morgan fingerprint density at radius 3 is 2.76 bits per heavy atom. The third-order valence-electron chi connectivity index (χ3n) is 3.28. The number of aromatic nitrogens is 2. The highest BCUT2D eigenvalue weighted by Gasteiger charge is 2.25. The lowest BCUT2D eigenvalue weighted by Crippen LogP contribution is -2.48. The maximum absolute atomic E-state index is 11.2. The van der Waals surface area contributed by atoms with E-state index in [9.17, 15) is 4.79 Å². The molecular weight excluding hydrogens is 315 g/mol. The molecule has 0 radical (unpaired) electrons. The number of benzene rings is 1. The number of halogens is 2. The molecule has 2 N–H and O–H groups in total. The van der Waals surface area contributed by atoms with E-state index in [1.54, 1.807) is 18.3 Å². The minimum atomic E-state index is -0.634. The summed E-state index contributed by atoms with van der Waals surface area (Å²) in [5, 5.41) is 0.860. The van der Waals surface area contributed by atoms with Gasteiger partial charge in [0.2, 0.25) is 5.91 Å². The zero-order valence-corrected chi connectivity index (χ0v) is 12.4. The Kier molecular flexibility index (Phi) is 3.84. The van der Waals surface area contributed by atoms with E-state index >= 15 is 0 Å². The summed E-state index contributed by atoms with van der Waals surface area (Å²) in [5.74, 6) is 0.165. The number of fused-ring (bicyclic) bond motifs is 1. The monoisotopic (exact) mass is 326 g/mol. The van der Waals surface area contributed by atoms with Crippen molar-refractivity contribution in [3.05, 3.63) is 28.4 Å². The molecule has 6 nitrogen and oxygen atoms in total. The SMILES string of the molecule is NC(=O)[C@H]1CN(c2cnc3cc(Cl)c(Cl)cc3n2)CCO1. The van der Waals surface area contributed by atoms with E-state index in [0.717, 1.165) is 0 Å². The molecule has 21 heavy (non-hydrogen) atoms. The predicted molar refractivity (Wildman–Crippen MR) is 80.7 cm³/mol. The second-order valence-corrected chi connectivity index (χ2v) is 5.51. The van der Waals surface area contributed by atoms with Crippen molar-refractivity contribution in [3.63, 3.8) is 0 Å². The van der Waals surface area contributed by atoms with Gasteiger partial charge in [0.05, 0.1) is 40.4 Å². The molecule has 0 aliphatic carbocycles. The third-order valence-corrected chi connectivity index (χ3v) is 4.00. The van der Waals surface area contributed by atoms with Gasteiger partial charge in [0.1, 0.15) is 5.82 Å². The summed E-state index contributed by atoms with van der Waals surface area (Å²) in [4.78, 5) is 22.0. The van der Waals surface area contributed by atoms with Crippen molar-refractivity contribution in [2.24, 2.45) is 5.73 Å². The highest BCUT2D eigenvalue weighted by atomic mass is 35.5. The first kappa shape index (κ1) is 14.3. The standard InChI is InChI=1S/C13H12Cl2N4O2/c14-7-3-9-10(4-8(7)15)18-12(5-17-9)19-1-2-21-11(6-19)13(16)20/h3-5,11H,1-2,6H2,(H2,16,20)/t11-/m1/s1. The van der Waals surface area contributed by atoms with Crippen molar-refractivity contribution in [1.29, 1.82) is 0 Å². The van der Waals surface area contributed by atoms with Gasteiger partial charge in [-0.15, -0.1) is 0 Å². The number of primary amides is 1. The normalized spacial score (nSPS) is 19.0. The largest absolute Gasteiger partial charge is 0.367 e. The lowest BCUT2D eigenvalue weighted by Gasteiger charge is -2.32. The highest BCUT2D eigenvalue weighted by Crippen LogP contribution is 2.27. The number of carbonyl (C=O) groups excluding carboxylic acids is 1. The van der Waals surface area contributed by atoms with Gasteiger partial charge in [-0.05, 0) is 12.1 Å². The van der Waals surface area contributed by atoms with Crippen LogP contribution in [0.2, 0.25) is 10.0 Å². The van der Waals surface area contributed by atoms with Crippen LogP contribution in [0.5, 0.6) is 0 Å². The van der Waals surface area contributed by atoms with Crippen molar-refractivity contribution in [2.75, 3.05) is 24.6 Å². The van der Waals surface area contributed by atoms with Crippen LogP contribution in [-0.2, 0) is 9.53 Å². The van der Waals surface area contributed by atoms with Gasteiger partial charge < -0.3 is 15.4 Å². The third kappa shape index (κ3) is 2.88. The Morgan fingerprint density at radius 1 is 1.33 bits per heavy atom. The molecule has 1 aromatic carbocycles. The number of morpholine rings is 1. The van der Waals surface area contributed by atoms with Gasteiger partial charge in [-0.2, -0.15) is 0 Å². The molecule has 0 bridgehead atoms. The molecule has 0 saturated carbocycles.